The first-order valence-electron chi connectivity index (χ1n) is 4.72. The first-order valence-corrected chi connectivity index (χ1v) is 4.72. The minimum atomic E-state index is 0.886. The lowest BCUT2D eigenvalue weighted by Gasteiger charge is -2.17. The second kappa shape index (κ2) is 5.76. The van der Waals surface area contributed by atoms with Gasteiger partial charge in [-0.15, -0.1) is 0 Å². The second-order valence-corrected chi connectivity index (χ2v) is 3.55. The Morgan fingerprint density at radius 2 is 1.70 bits per heavy atom. The standard InChI is InChI=1S/C10H22/c1-5-7-8-10(6-2)9(3)4/h9-10H,5-8H2,1-4H3/t10-/m0/s1. The minimum absolute atomic E-state index is 0.886. The molecule has 0 aromatic heterocycles. The molecule has 0 N–H and O–H groups in total. The highest BCUT2D eigenvalue weighted by molar-refractivity contribution is 4.60. The average Bonchev–Trinajstić information content (AvgIpc) is 1.89. The van der Waals surface area contributed by atoms with Crippen LogP contribution in [0.3, 0.4) is 0 Å². The van der Waals surface area contributed by atoms with Crippen LogP contribution in [0.15, 0.2) is 0 Å². The van der Waals surface area contributed by atoms with Crippen LogP contribution in [0.1, 0.15) is 53.4 Å². The van der Waals surface area contributed by atoms with E-state index in [1.54, 1.807) is 0 Å². The third-order valence-corrected chi connectivity index (χ3v) is 2.40. The molecule has 0 aliphatic rings. The third-order valence-electron chi connectivity index (χ3n) is 2.40. The molecule has 0 radical (unpaired) electrons. The third kappa shape index (κ3) is 3.92. The van der Waals surface area contributed by atoms with Crippen molar-refractivity contribution >= 4 is 0 Å². The van der Waals surface area contributed by atoms with Gasteiger partial charge >= 0.3 is 0 Å². The van der Waals surface area contributed by atoms with Crippen LogP contribution in [0.5, 0.6) is 0 Å². The van der Waals surface area contributed by atoms with Crippen molar-refractivity contribution in [1.29, 1.82) is 0 Å². The van der Waals surface area contributed by atoms with Crippen LogP contribution < -0.4 is 0 Å². The molecule has 0 aliphatic carbocycles. The van der Waals surface area contributed by atoms with Crippen LogP contribution in [0, 0.1) is 11.8 Å². The maximum Gasteiger partial charge on any atom is -0.0394 e. The summed E-state index contributed by atoms with van der Waals surface area (Å²) in [6.45, 7) is 9.25. The Morgan fingerprint density at radius 3 is 2.00 bits per heavy atom. The molecule has 0 rings (SSSR count). The van der Waals surface area contributed by atoms with Gasteiger partial charge in [0, 0.05) is 0 Å². The Hall–Kier alpha value is 0. The fraction of sp³-hybridized carbons (Fsp3) is 1.00. The lowest BCUT2D eigenvalue weighted by molar-refractivity contribution is 0.339. The molecule has 1 atom stereocenters. The lowest BCUT2D eigenvalue weighted by atomic mass is 9.89. The molecule has 0 fully saturated rings. The van der Waals surface area contributed by atoms with Crippen molar-refractivity contribution in [1.82, 2.24) is 0 Å². The summed E-state index contributed by atoms with van der Waals surface area (Å²) in [5.41, 5.74) is 0. The van der Waals surface area contributed by atoms with Crippen LogP contribution in [-0.2, 0) is 0 Å². The number of hydrogen-bond donors (Lipinski definition) is 0. The Labute approximate surface area is 66.0 Å². The summed E-state index contributed by atoms with van der Waals surface area (Å²) in [4.78, 5) is 0. The van der Waals surface area contributed by atoms with Gasteiger partial charge in [-0.1, -0.05) is 53.4 Å². The van der Waals surface area contributed by atoms with Gasteiger partial charge in [-0.2, -0.15) is 0 Å². The zero-order valence-electron chi connectivity index (χ0n) is 7.98. The van der Waals surface area contributed by atoms with Gasteiger partial charge < -0.3 is 0 Å². The summed E-state index contributed by atoms with van der Waals surface area (Å²) >= 11 is 0. The van der Waals surface area contributed by atoms with Gasteiger partial charge in [0.05, 0.1) is 0 Å². The molecule has 0 bridgehead atoms. The van der Waals surface area contributed by atoms with Gasteiger partial charge in [-0.05, 0) is 11.8 Å². The molecule has 10 heavy (non-hydrogen) atoms. The van der Waals surface area contributed by atoms with Crippen molar-refractivity contribution < 1.29 is 0 Å². The second-order valence-electron chi connectivity index (χ2n) is 3.55. The molecule has 0 heteroatoms. The highest BCUT2D eigenvalue weighted by atomic mass is 14.1. The quantitative estimate of drug-likeness (QED) is 0.547. The maximum atomic E-state index is 2.34. The van der Waals surface area contributed by atoms with Crippen molar-refractivity contribution in [2.75, 3.05) is 0 Å². The van der Waals surface area contributed by atoms with Crippen LogP contribution in [-0.4, -0.2) is 0 Å². The zero-order chi connectivity index (χ0) is 7.98. The Kier molecular flexibility index (Phi) is 5.76. The van der Waals surface area contributed by atoms with Crippen molar-refractivity contribution in [2.24, 2.45) is 11.8 Å². The summed E-state index contributed by atoms with van der Waals surface area (Å²) in [5, 5.41) is 0. The molecule has 0 saturated carbocycles. The number of rotatable bonds is 5. The largest absolute Gasteiger partial charge is 0.0654 e. The van der Waals surface area contributed by atoms with Crippen molar-refractivity contribution in [2.45, 2.75) is 53.4 Å². The Balaban J connectivity index is 3.40. The zero-order valence-corrected chi connectivity index (χ0v) is 7.98. The van der Waals surface area contributed by atoms with E-state index in [1.807, 2.05) is 0 Å². The maximum absolute atomic E-state index is 2.34. The van der Waals surface area contributed by atoms with E-state index < -0.39 is 0 Å². The summed E-state index contributed by atoms with van der Waals surface area (Å²) in [6, 6.07) is 0. The van der Waals surface area contributed by atoms with Crippen molar-refractivity contribution in [3.8, 4) is 0 Å². The monoisotopic (exact) mass is 142 g/mol. The fourth-order valence-electron chi connectivity index (χ4n) is 1.48. The Morgan fingerprint density at radius 1 is 1.10 bits per heavy atom. The van der Waals surface area contributed by atoms with E-state index in [-0.39, 0.29) is 0 Å². The summed E-state index contributed by atoms with van der Waals surface area (Å²) in [7, 11) is 0. The molecule has 0 aromatic carbocycles. The highest BCUT2D eigenvalue weighted by Gasteiger charge is 2.08. The molecular weight excluding hydrogens is 120 g/mol. The van der Waals surface area contributed by atoms with Crippen molar-refractivity contribution in [3.05, 3.63) is 0 Å². The molecule has 0 spiro atoms. The summed E-state index contributed by atoms with van der Waals surface area (Å²) in [6.07, 6.45) is 5.56. The van der Waals surface area contributed by atoms with Crippen LogP contribution in [0.2, 0.25) is 0 Å². The van der Waals surface area contributed by atoms with Crippen LogP contribution >= 0.6 is 0 Å². The van der Waals surface area contributed by atoms with Gasteiger partial charge in [-0.3, -0.25) is 0 Å². The molecular formula is C10H22. The van der Waals surface area contributed by atoms with E-state index in [1.165, 1.54) is 25.7 Å². The smallest absolute Gasteiger partial charge is 0.0394 e. The molecule has 0 saturated heterocycles. The van der Waals surface area contributed by atoms with E-state index in [9.17, 15) is 0 Å². The summed E-state index contributed by atoms with van der Waals surface area (Å²) < 4.78 is 0. The number of hydrogen-bond acceptors (Lipinski definition) is 0. The molecule has 0 unspecified atom stereocenters. The van der Waals surface area contributed by atoms with Crippen molar-refractivity contribution in [3.63, 3.8) is 0 Å². The molecule has 0 aliphatic heterocycles. The summed E-state index contributed by atoms with van der Waals surface area (Å²) in [5.74, 6) is 1.86. The van der Waals surface area contributed by atoms with Gasteiger partial charge in [0.1, 0.15) is 0 Å². The lowest BCUT2D eigenvalue weighted by Crippen LogP contribution is -2.06. The molecule has 0 amide bonds. The van der Waals surface area contributed by atoms with Crippen LogP contribution in [0.4, 0.5) is 0 Å². The highest BCUT2D eigenvalue weighted by Crippen LogP contribution is 2.20. The molecule has 62 valence electrons. The van der Waals surface area contributed by atoms with E-state index in [0.29, 0.717) is 0 Å². The molecule has 0 aromatic rings. The van der Waals surface area contributed by atoms with E-state index in [2.05, 4.69) is 27.7 Å². The Bertz CT molecular complexity index is 64.4. The minimum Gasteiger partial charge on any atom is -0.0654 e. The van der Waals surface area contributed by atoms with E-state index in [4.69, 9.17) is 0 Å². The SMILES string of the molecule is CCCC[C@H](CC)C(C)C. The van der Waals surface area contributed by atoms with Crippen LogP contribution in [0.25, 0.3) is 0 Å². The van der Waals surface area contributed by atoms with E-state index >= 15 is 0 Å². The molecule has 0 heterocycles. The van der Waals surface area contributed by atoms with Gasteiger partial charge in [0.2, 0.25) is 0 Å². The first kappa shape index (κ1) is 10.0. The topological polar surface area (TPSA) is 0 Å². The average molecular weight is 142 g/mol. The number of unbranched alkanes of at least 4 members (excludes halogenated alkanes) is 1. The normalized spacial score (nSPS) is 14.1. The predicted octanol–water partition coefficient (Wildman–Crippen LogP) is 3.86. The van der Waals surface area contributed by atoms with Gasteiger partial charge in [-0.25, -0.2) is 0 Å². The fourth-order valence-corrected chi connectivity index (χ4v) is 1.48. The first-order chi connectivity index (χ1) is 4.72. The molecule has 0 nitrogen and oxygen atoms in total. The van der Waals surface area contributed by atoms with Gasteiger partial charge in [0.15, 0.2) is 0 Å². The predicted molar refractivity (Wildman–Crippen MR) is 48.1 cm³/mol. The van der Waals surface area contributed by atoms with E-state index in [0.717, 1.165) is 11.8 Å². The van der Waals surface area contributed by atoms with Gasteiger partial charge in [0.25, 0.3) is 0 Å².